The molecule has 2 amide bonds. The first-order valence-electron chi connectivity index (χ1n) is 28.3. The molecule has 0 heterocycles. The van der Waals surface area contributed by atoms with Crippen molar-refractivity contribution in [1.82, 2.24) is 20.4 Å². The molecule has 0 aliphatic rings. The molecule has 0 bridgehead atoms. The van der Waals surface area contributed by atoms with Crippen molar-refractivity contribution in [3.63, 3.8) is 0 Å². The van der Waals surface area contributed by atoms with Crippen LogP contribution in [0.4, 0.5) is 0 Å². The predicted molar refractivity (Wildman–Crippen MR) is 277 cm³/mol. The van der Waals surface area contributed by atoms with E-state index < -0.39 is 0 Å². The van der Waals surface area contributed by atoms with E-state index in [1.165, 1.54) is 231 Å². The predicted octanol–water partition coefficient (Wildman–Crippen LogP) is 16.9. The van der Waals surface area contributed by atoms with Crippen LogP contribution in [-0.2, 0) is 9.59 Å². The van der Waals surface area contributed by atoms with Gasteiger partial charge in [0.25, 0.3) is 0 Å². The molecule has 0 saturated heterocycles. The minimum Gasteiger partial charge on any atom is -0.356 e. The van der Waals surface area contributed by atoms with Gasteiger partial charge in [-0.15, -0.1) is 0 Å². The molecule has 2 N–H and O–H groups in total. The minimum atomic E-state index is 0.160. The summed E-state index contributed by atoms with van der Waals surface area (Å²) < 4.78 is 0. The molecule has 0 fully saturated rings. The number of nitrogens with one attached hydrogen (secondary N) is 2. The number of rotatable bonds is 49. The van der Waals surface area contributed by atoms with Crippen LogP contribution in [-0.4, -0.2) is 68.1 Å². The molecule has 0 radical (unpaired) electrons. The summed E-state index contributed by atoms with van der Waals surface area (Å²) in [6, 6.07) is 0. The highest BCUT2D eigenvalue weighted by atomic mass is 16.2. The zero-order chi connectivity index (χ0) is 45.8. The molecule has 6 nitrogen and oxygen atoms in total. The highest BCUT2D eigenvalue weighted by molar-refractivity contribution is 5.76. The van der Waals surface area contributed by atoms with Crippen LogP contribution in [0.15, 0.2) is 0 Å². The largest absolute Gasteiger partial charge is 0.356 e. The van der Waals surface area contributed by atoms with E-state index in [2.05, 4.69) is 69.1 Å². The summed E-state index contributed by atoms with van der Waals surface area (Å²) in [6.45, 7) is 14.9. The Morgan fingerprint density at radius 2 is 0.661 bits per heavy atom. The molecule has 0 aromatic carbocycles. The summed E-state index contributed by atoms with van der Waals surface area (Å²) in [5, 5.41) is 6.19. The Labute approximate surface area is 391 Å². The van der Waals surface area contributed by atoms with E-state index in [9.17, 15) is 9.59 Å². The van der Waals surface area contributed by atoms with Crippen LogP contribution >= 0.6 is 0 Å². The lowest BCUT2D eigenvalue weighted by molar-refractivity contribution is -0.123. The topological polar surface area (TPSA) is 64.7 Å². The van der Waals surface area contributed by atoms with E-state index in [1.807, 2.05) is 0 Å². The van der Waals surface area contributed by atoms with Gasteiger partial charge in [0.2, 0.25) is 11.8 Å². The first-order chi connectivity index (χ1) is 30.3. The van der Waals surface area contributed by atoms with Gasteiger partial charge in [0.1, 0.15) is 0 Å². The van der Waals surface area contributed by atoms with Crippen LogP contribution in [0.25, 0.3) is 0 Å². The van der Waals surface area contributed by atoms with Crippen LogP contribution in [0.3, 0.4) is 0 Å². The summed E-state index contributed by atoms with van der Waals surface area (Å²) in [5.74, 6) is 0.458. The van der Waals surface area contributed by atoms with Gasteiger partial charge in [-0.3, -0.25) is 14.5 Å². The molecule has 0 spiro atoms. The normalized spacial score (nSPS) is 11.9. The fourth-order valence-corrected chi connectivity index (χ4v) is 8.75. The zero-order valence-corrected chi connectivity index (χ0v) is 43.8. The van der Waals surface area contributed by atoms with Crippen LogP contribution in [0.1, 0.15) is 304 Å². The second-order valence-corrected chi connectivity index (χ2v) is 19.6. The van der Waals surface area contributed by atoms with Crippen LogP contribution in [0.5, 0.6) is 0 Å². The van der Waals surface area contributed by atoms with Crippen molar-refractivity contribution in [3.8, 4) is 0 Å². The summed E-state index contributed by atoms with van der Waals surface area (Å²) in [6.07, 6.45) is 56.6. The Morgan fingerprint density at radius 1 is 0.371 bits per heavy atom. The van der Waals surface area contributed by atoms with E-state index in [0.29, 0.717) is 12.8 Å². The third-order valence-corrected chi connectivity index (χ3v) is 13.0. The summed E-state index contributed by atoms with van der Waals surface area (Å²) in [5.41, 5.74) is 0. The standard InChI is InChI=1S/C29H60N2O.C27H56N2O/c1-5-8-9-10-11-12-13-14-15-16-17-18-19-20-21-22-23-24-25-26-29(32)30-28(4)31(7-3)27-6-2;1-4-5-6-7-8-9-10-11-12-13-14-15-16-17-18-19-20-21-22-24-27(30)28-25-23-26-29(2)3/h28H,5-27H2,1-4H3,(H,30,32);4-26H2,1-3H3,(H,28,30). The molecule has 0 aliphatic carbocycles. The van der Waals surface area contributed by atoms with Crippen molar-refractivity contribution in [2.45, 2.75) is 310 Å². The number of carbonyl (C=O) groups is 2. The number of amides is 2. The van der Waals surface area contributed by atoms with Crippen LogP contribution in [0.2, 0.25) is 0 Å². The maximum absolute atomic E-state index is 12.1. The van der Waals surface area contributed by atoms with Crippen molar-refractivity contribution in [1.29, 1.82) is 0 Å². The second kappa shape index (κ2) is 54.2. The minimum absolute atomic E-state index is 0.160. The fraction of sp³-hybridized carbons (Fsp3) is 0.964. The molecular formula is C56H116N4O2. The highest BCUT2D eigenvalue weighted by Gasteiger charge is 2.13. The number of hydrogen-bond acceptors (Lipinski definition) is 4. The fourth-order valence-electron chi connectivity index (χ4n) is 8.75. The molecule has 1 unspecified atom stereocenters. The Bertz CT molecular complexity index is 867. The maximum atomic E-state index is 12.1. The van der Waals surface area contributed by atoms with Gasteiger partial charge in [-0.1, -0.05) is 259 Å². The first-order valence-corrected chi connectivity index (χ1v) is 28.3. The lowest BCUT2D eigenvalue weighted by Gasteiger charge is -2.28. The smallest absolute Gasteiger partial charge is 0.221 e. The third kappa shape index (κ3) is 53.2. The number of carbonyl (C=O) groups excluding carboxylic acids is 2. The summed E-state index contributed by atoms with van der Waals surface area (Å²) >= 11 is 0. The van der Waals surface area contributed by atoms with Crippen molar-refractivity contribution in [3.05, 3.63) is 0 Å². The van der Waals surface area contributed by atoms with Crippen molar-refractivity contribution in [2.24, 2.45) is 0 Å². The number of unbranched alkanes of at least 4 members (excludes halogenated alkanes) is 36. The third-order valence-electron chi connectivity index (χ3n) is 13.0. The summed E-state index contributed by atoms with van der Waals surface area (Å²) in [4.78, 5) is 28.4. The molecule has 0 rings (SSSR count). The lowest BCUT2D eigenvalue weighted by Crippen LogP contribution is -2.46. The quantitative estimate of drug-likeness (QED) is 0.0472. The second-order valence-electron chi connectivity index (χ2n) is 19.6. The van der Waals surface area contributed by atoms with Gasteiger partial charge >= 0.3 is 0 Å². The Balaban J connectivity index is 0. The zero-order valence-electron chi connectivity index (χ0n) is 43.8. The summed E-state index contributed by atoms with van der Waals surface area (Å²) in [7, 11) is 4.14. The van der Waals surface area contributed by atoms with Crippen LogP contribution in [0, 0.1) is 0 Å². The molecule has 372 valence electrons. The monoisotopic (exact) mass is 877 g/mol. The molecule has 62 heavy (non-hydrogen) atoms. The Morgan fingerprint density at radius 3 is 0.935 bits per heavy atom. The van der Waals surface area contributed by atoms with Gasteiger partial charge in [-0.25, -0.2) is 0 Å². The molecule has 0 saturated carbocycles. The van der Waals surface area contributed by atoms with E-state index in [-0.39, 0.29) is 18.0 Å². The average molecular weight is 878 g/mol. The molecular weight excluding hydrogens is 761 g/mol. The van der Waals surface area contributed by atoms with Crippen molar-refractivity contribution < 1.29 is 9.59 Å². The Hall–Kier alpha value is -1.14. The number of nitrogens with zero attached hydrogens (tertiary/aromatic N) is 2. The van der Waals surface area contributed by atoms with Crippen LogP contribution < -0.4 is 10.6 Å². The lowest BCUT2D eigenvalue weighted by atomic mass is 10.0. The highest BCUT2D eigenvalue weighted by Crippen LogP contribution is 2.17. The van der Waals surface area contributed by atoms with E-state index in [4.69, 9.17) is 0 Å². The van der Waals surface area contributed by atoms with Gasteiger partial charge in [0.05, 0.1) is 6.17 Å². The van der Waals surface area contributed by atoms with Gasteiger partial charge in [0.15, 0.2) is 0 Å². The molecule has 0 aromatic heterocycles. The van der Waals surface area contributed by atoms with Crippen molar-refractivity contribution >= 4 is 11.8 Å². The average Bonchev–Trinajstić information content (AvgIpc) is 3.26. The molecule has 0 aromatic rings. The number of hydrogen-bond donors (Lipinski definition) is 2. The SMILES string of the molecule is CCCCCCCCCCCCCCCCCCCCCC(=O)NC(C)N(CC)CCC.CCCCCCCCCCCCCCCCCCCCCC(=O)NCCCN(C)C. The first kappa shape index (κ1) is 62.9. The maximum Gasteiger partial charge on any atom is 0.221 e. The van der Waals surface area contributed by atoms with Gasteiger partial charge in [-0.2, -0.15) is 0 Å². The van der Waals surface area contributed by atoms with Gasteiger partial charge < -0.3 is 15.5 Å². The van der Waals surface area contributed by atoms with E-state index in [1.54, 1.807) is 0 Å². The molecule has 1 atom stereocenters. The van der Waals surface area contributed by atoms with E-state index in [0.717, 1.165) is 51.9 Å². The van der Waals surface area contributed by atoms with Crippen molar-refractivity contribution in [2.75, 3.05) is 40.3 Å². The van der Waals surface area contributed by atoms with Gasteiger partial charge in [0, 0.05) is 19.4 Å². The molecule has 0 aliphatic heterocycles. The molecule has 6 heteroatoms. The van der Waals surface area contributed by atoms with E-state index >= 15 is 0 Å². The van der Waals surface area contributed by atoms with Gasteiger partial charge in [-0.05, 0) is 66.3 Å². The Kier molecular flexibility index (Phi) is 55.0.